The Balaban J connectivity index is 1.66. The zero-order chi connectivity index (χ0) is 20.1. The highest BCUT2D eigenvalue weighted by atomic mass is 32.2. The zero-order valence-corrected chi connectivity index (χ0v) is 17.1. The Bertz CT molecular complexity index is 943. The highest BCUT2D eigenvalue weighted by Gasteiger charge is 2.32. The summed E-state index contributed by atoms with van der Waals surface area (Å²) in [5.74, 6) is -0.546. The first kappa shape index (κ1) is 20.5. The molecule has 1 fully saturated rings. The number of rotatable bonds is 8. The maximum Gasteiger partial charge on any atom is 0.350 e. The van der Waals surface area contributed by atoms with Gasteiger partial charge in [0.2, 0.25) is 10.0 Å². The second-order valence-corrected chi connectivity index (χ2v) is 9.00. The van der Waals surface area contributed by atoms with Crippen molar-refractivity contribution in [3.63, 3.8) is 0 Å². The predicted molar refractivity (Wildman–Crippen MR) is 105 cm³/mol. The lowest BCUT2D eigenvalue weighted by Gasteiger charge is -2.15. The van der Waals surface area contributed by atoms with E-state index in [0.29, 0.717) is 31.0 Å². The number of ether oxygens (including phenoxy) is 2. The lowest BCUT2D eigenvalue weighted by molar-refractivity contribution is 0.0476. The third kappa shape index (κ3) is 4.43. The summed E-state index contributed by atoms with van der Waals surface area (Å²) < 4.78 is 37.2. The molecule has 1 saturated heterocycles. The highest BCUT2D eigenvalue weighted by Crippen LogP contribution is 2.28. The summed E-state index contributed by atoms with van der Waals surface area (Å²) in [5, 5.41) is 1.54. The Morgan fingerprint density at radius 2 is 1.79 bits per heavy atom. The summed E-state index contributed by atoms with van der Waals surface area (Å²) in [6, 6.07) is 7.92. The molecule has 2 heterocycles. The molecule has 2 aromatic rings. The summed E-state index contributed by atoms with van der Waals surface area (Å²) in [6.45, 7) is 2.81. The van der Waals surface area contributed by atoms with Gasteiger partial charge in [-0.1, -0.05) is 0 Å². The van der Waals surface area contributed by atoms with Gasteiger partial charge in [-0.15, -0.1) is 11.3 Å². The molecule has 150 valence electrons. The van der Waals surface area contributed by atoms with Crippen molar-refractivity contribution in [1.82, 2.24) is 4.31 Å². The van der Waals surface area contributed by atoms with Crippen LogP contribution in [0.2, 0.25) is 0 Å². The normalized spacial score (nSPS) is 14.8. The third-order valence-corrected chi connectivity index (χ3v) is 7.28. The second kappa shape index (κ2) is 8.85. The van der Waals surface area contributed by atoms with Crippen LogP contribution in [0, 0.1) is 0 Å². The van der Waals surface area contributed by atoms with E-state index < -0.39 is 22.6 Å². The van der Waals surface area contributed by atoms with Gasteiger partial charge in [0.25, 0.3) is 0 Å². The average molecular weight is 424 g/mol. The van der Waals surface area contributed by atoms with E-state index in [2.05, 4.69) is 0 Å². The number of sulfonamides is 1. The number of esters is 1. The van der Waals surface area contributed by atoms with Crippen LogP contribution in [0.25, 0.3) is 0 Å². The molecule has 0 spiro atoms. The first-order chi connectivity index (χ1) is 13.4. The number of nitrogens with zero attached hydrogens (tertiary/aromatic N) is 1. The van der Waals surface area contributed by atoms with Crippen LogP contribution in [0.3, 0.4) is 0 Å². The molecule has 0 radical (unpaired) electrons. The molecule has 0 bridgehead atoms. The van der Waals surface area contributed by atoms with Crippen molar-refractivity contribution in [2.75, 3.05) is 26.3 Å². The Kier molecular flexibility index (Phi) is 6.48. The van der Waals surface area contributed by atoms with Crippen LogP contribution in [0.15, 0.2) is 40.6 Å². The predicted octanol–water partition coefficient (Wildman–Crippen LogP) is 2.97. The van der Waals surface area contributed by atoms with Crippen LogP contribution in [0.1, 0.15) is 39.8 Å². The molecular weight excluding hydrogens is 402 g/mol. The first-order valence-electron chi connectivity index (χ1n) is 8.94. The number of hydrogen-bond donors (Lipinski definition) is 0. The first-order valence-corrected chi connectivity index (χ1v) is 11.3. The van der Waals surface area contributed by atoms with Gasteiger partial charge >= 0.3 is 5.97 Å². The van der Waals surface area contributed by atoms with Gasteiger partial charge in [0.15, 0.2) is 12.4 Å². The number of benzene rings is 1. The van der Waals surface area contributed by atoms with Gasteiger partial charge in [0, 0.05) is 18.7 Å². The number of thiophene rings is 1. The summed E-state index contributed by atoms with van der Waals surface area (Å²) in [5.41, 5.74) is 0.382. The second-order valence-electron chi connectivity index (χ2n) is 6.18. The molecule has 0 aliphatic carbocycles. The van der Waals surface area contributed by atoms with Gasteiger partial charge in [-0.25, -0.2) is 13.2 Å². The quantitative estimate of drug-likeness (QED) is 0.479. The van der Waals surface area contributed by atoms with Gasteiger partial charge in [0.1, 0.15) is 15.5 Å². The van der Waals surface area contributed by atoms with Crippen molar-refractivity contribution in [3.8, 4) is 5.75 Å². The van der Waals surface area contributed by atoms with Crippen LogP contribution < -0.4 is 4.74 Å². The van der Waals surface area contributed by atoms with E-state index in [1.807, 2.05) is 6.92 Å². The van der Waals surface area contributed by atoms with Crippen molar-refractivity contribution in [1.29, 1.82) is 0 Å². The van der Waals surface area contributed by atoms with Crippen molar-refractivity contribution in [2.24, 2.45) is 0 Å². The van der Waals surface area contributed by atoms with Crippen LogP contribution in [0.4, 0.5) is 0 Å². The van der Waals surface area contributed by atoms with E-state index >= 15 is 0 Å². The van der Waals surface area contributed by atoms with Crippen LogP contribution in [-0.4, -0.2) is 50.8 Å². The minimum atomic E-state index is -3.73. The van der Waals surface area contributed by atoms with E-state index in [0.717, 1.165) is 24.2 Å². The molecule has 3 rings (SSSR count). The standard InChI is InChI=1S/C19H21NO6S2/c1-2-25-15-7-5-14(6-8-15)16(21)13-26-19(22)18-17(9-12-27-18)28(23,24)20-10-3-4-11-20/h5-9,12H,2-4,10-11,13H2,1H3. The molecule has 1 aliphatic heterocycles. The topological polar surface area (TPSA) is 90.0 Å². The average Bonchev–Trinajstić information content (AvgIpc) is 3.39. The van der Waals surface area contributed by atoms with Crippen molar-refractivity contribution in [2.45, 2.75) is 24.7 Å². The molecule has 1 aromatic carbocycles. The smallest absolute Gasteiger partial charge is 0.350 e. The van der Waals surface area contributed by atoms with Gasteiger partial charge < -0.3 is 9.47 Å². The molecule has 0 N–H and O–H groups in total. The fourth-order valence-electron chi connectivity index (χ4n) is 2.90. The van der Waals surface area contributed by atoms with Crippen LogP contribution in [0.5, 0.6) is 5.75 Å². The van der Waals surface area contributed by atoms with Crippen molar-refractivity contribution < 1.29 is 27.5 Å². The van der Waals surface area contributed by atoms with Gasteiger partial charge in [-0.2, -0.15) is 4.31 Å². The van der Waals surface area contributed by atoms with Crippen LogP contribution in [-0.2, 0) is 14.8 Å². The fraction of sp³-hybridized carbons (Fsp3) is 0.368. The molecule has 28 heavy (non-hydrogen) atoms. The Hall–Kier alpha value is -2.23. The lowest BCUT2D eigenvalue weighted by atomic mass is 10.1. The molecule has 7 nitrogen and oxygen atoms in total. The largest absolute Gasteiger partial charge is 0.494 e. The summed E-state index contributed by atoms with van der Waals surface area (Å²) in [7, 11) is -3.73. The van der Waals surface area contributed by atoms with E-state index in [1.165, 1.54) is 15.8 Å². The number of ketones is 1. The molecule has 0 unspecified atom stereocenters. The molecule has 0 atom stereocenters. The fourth-order valence-corrected chi connectivity index (χ4v) is 5.70. The van der Waals surface area contributed by atoms with Crippen LogP contribution >= 0.6 is 11.3 Å². The van der Waals surface area contributed by atoms with E-state index in [9.17, 15) is 18.0 Å². The number of carbonyl (C=O) groups excluding carboxylic acids is 2. The SMILES string of the molecule is CCOc1ccc(C(=O)COC(=O)c2sccc2S(=O)(=O)N2CCCC2)cc1. The lowest BCUT2D eigenvalue weighted by Crippen LogP contribution is -2.29. The molecule has 0 amide bonds. The molecule has 1 aliphatic rings. The van der Waals surface area contributed by atoms with Crippen molar-refractivity contribution in [3.05, 3.63) is 46.2 Å². The monoisotopic (exact) mass is 423 g/mol. The summed E-state index contributed by atoms with van der Waals surface area (Å²) in [6.07, 6.45) is 1.61. The van der Waals surface area contributed by atoms with E-state index in [1.54, 1.807) is 24.3 Å². The van der Waals surface area contributed by atoms with E-state index in [-0.39, 0.29) is 15.6 Å². The molecule has 0 saturated carbocycles. The molecule has 9 heteroatoms. The highest BCUT2D eigenvalue weighted by molar-refractivity contribution is 7.89. The molecule has 1 aromatic heterocycles. The van der Waals surface area contributed by atoms with E-state index in [4.69, 9.17) is 9.47 Å². The minimum absolute atomic E-state index is 0.00797. The Labute approximate surface area is 167 Å². The zero-order valence-electron chi connectivity index (χ0n) is 15.4. The summed E-state index contributed by atoms with van der Waals surface area (Å²) >= 11 is 0.990. The van der Waals surface area contributed by atoms with Gasteiger partial charge in [-0.3, -0.25) is 4.79 Å². The van der Waals surface area contributed by atoms with Gasteiger partial charge in [-0.05, 0) is 55.5 Å². The Morgan fingerprint density at radius 3 is 2.43 bits per heavy atom. The number of Topliss-reactive ketones (excluding diaryl/α,β-unsaturated/α-hetero) is 1. The number of hydrogen-bond acceptors (Lipinski definition) is 7. The Morgan fingerprint density at radius 1 is 1.11 bits per heavy atom. The third-order valence-electron chi connectivity index (χ3n) is 4.32. The van der Waals surface area contributed by atoms with Crippen molar-refractivity contribution >= 4 is 33.1 Å². The maximum atomic E-state index is 12.7. The minimum Gasteiger partial charge on any atom is -0.494 e. The number of carbonyl (C=O) groups is 2. The maximum absolute atomic E-state index is 12.7. The van der Waals surface area contributed by atoms with Gasteiger partial charge in [0.05, 0.1) is 6.61 Å². The summed E-state index contributed by atoms with van der Waals surface area (Å²) in [4.78, 5) is 24.6. The molecular formula is C19H21NO6S2.